The third kappa shape index (κ3) is 5.64. The monoisotopic (exact) mass is 570 g/mol. The fraction of sp³-hybridized carbons (Fsp3) is 0.194. The van der Waals surface area contributed by atoms with E-state index >= 15 is 0 Å². The molecule has 1 saturated heterocycles. The molecule has 0 bridgehead atoms. The molecule has 0 radical (unpaired) electrons. The van der Waals surface area contributed by atoms with Gasteiger partial charge in [0.2, 0.25) is 6.10 Å². The molecule has 2 amide bonds. The summed E-state index contributed by atoms with van der Waals surface area (Å²) in [5.41, 5.74) is 1.92. The van der Waals surface area contributed by atoms with Crippen LogP contribution < -0.4 is 5.32 Å². The molecule has 3 aromatic rings. The van der Waals surface area contributed by atoms with Crippen LogP contribution in [0, 0.1) is 0 Å². The molecule has 1 N–H and O–H groups in total. The van der Waals surface area contributed by atoms with Gasteiger partial charge in [-0.2, -0.15) is 0 Å². The van der Waals surface area contributed by atoms with E-state index in [1.807, 2.05) is 60.7 Å². The number of carbonyl (C=O) groups excluding carboxylic acids is 5. The summed E-state index contributed by atoms with van der Waals surface area (Å²) in [6, 6.07) is 25.7. The van der Waals surface area contributed by atoms with Crippen molar-refractivity contribution in [2.24, 2.45) is 0 Å². The highest BCUT2D eigenvalue weighted by Gasteiger charge is 2.55. The van der Waals surface area contributed by atoms with Crippen LogP contribution >= 0.6 is 11.8 Å². The van der Waals surface area contributed by atoms with Gasteiger partial charge in [0.25, 0.3) is 18.3 Å². The summed E-state index contributed by atoms with van der Waals surface area (Å²) in [4.78, 5) is 65.1. The Morgan fingerprint density at radius 1 is 0.902 bits per heavy atom. The second-order valence-electron chi connectivity index (χ2n) is 9.41. The Morgan fingerprint density at radius 3 is 1.95 bits per heavy atom. The van der Waals surface area contributed by atoms with Crippen molar-refractivity contribution >= 4 is 41.8 Å². The summed E-state index contributed by atoms with van der Waals surface area (Å²) in [7, 11) is 0. The zero-order chi connectivity index (χ0) is 28.9. The van der Waals surface area contributed by atoms with Gasteiger partial charge in [-0.1, -0.05) is 91.0 Å². The van der Waals surface area contributed by atoms with Crippen molar-refractivity contribution in [1.29, 1.82) is 0 Å². The SMILES string of the molecule is CC(=O)C1=C(C(=O)OC(c2ccccc2)c2ccccc2)N2C(=O)C(NC(=O)C(OC=O)c3ccccc3)[C@H]2SC1. The summed E-state index contributed by atoms with van der Waals surface area (Å²) in [6.45, 7) is 1.51. The highest BCUT2D eigenvalue weighted by Crippen LogP contribution is 2.42. The Bertz CT molecular complexity index is 1460. The molecule has 2 unspecified atom stereocenters. The van der Waals surface area contributed by atoms with Crippen LogP contribution in [0.3, 0.4) is 0 Å². The molecule has 2 aliphatic heterocycles. The number of carbonyl (C=O) groups is 5. The third-order valence-electron chi connectivity index (χ3n) is 6.85. The van der Waals surface area contributed by atoms with Gasteiger partial charge < -0.3 is 14.8 Å². The fourth-order valence-electron chi connectivity index (χ4n) is 4.83. The summed E-state index contributed by atoms with van der Waals surface area (Å²) < 4.78 is 11.0. The molecule has 41 heavy (non-hydrogen) atoms. The lowest BCUT2D eigenvalue weighted by Crippen LogP contribution is -2.71. The number of β-lactam (4-membered cyclic amide) rings is 1. The Balaban J connectivity index is 1.40. The van der Waals surface area contributed by atoms with E-state index in [2.05, 4.69) is 5.32 Å². The van der Waals surface area contributed by atoms with E-state index in [4.69, 9.17) is 9.47 Å². The second kappa shape index (κ2) is 12.2. The van der Waals surface area contributed by atoms with Crippen molar-refractivity contribution in [2.45, 2.75) is 30.5 Å². The highest BCUT2D eigenvalue weighted by molar-refractivity contribution is 8.00. The van der Waals surface area contributed by atoms with Gasteiger partial charge in [-0.3, -0.25) is 24.1 Å². The average molecular weight is 571 g/mol. The number of hydrogen-bond acceptors (Lipinski definition) is 8. The first-order chi connectivity index (χ1) is 19.9. The average Bonchev–Trinajstić information content (AvgIpc) is 3.01. The van der Waals surface area contributed by atoms with Crippen LogP contribution in [0.25, 0.3) is 0 Å². The largest absolute Gasteiger partial charge is 0.449 e. The van der Waals surface area contributed by atoms with Crippen molar-refractivity contribution in [1.82, 2.24) is 10.2 Å². The second-order valence-corrected chi connectivity index (χ2v) is 10.5. The number of ketones is 1. The number of ether oxygens (including phenoxy) is 2. The van der Waals surface area contributed by atoms with Gasteiger partial charge in [-0.15, -0.1) is 11.8 Å². The van der Waals surface area contributed by atoms with Gasteiger partial charge >= 0.3 is 5.97 Å². The number of amides is 2. The predicted molar refractivity (Wildman–Crippen MR) is 150 cm³/mol. The standard InChI is InChI=1S/C31H26N2O7S/c1-19(35)23-17-41-30-24(32-28(36)27(39-18-34)22-15-9-4-10-16-22)29(37)33(30)25(23)31(38)40-26(20-11-5-2-6-12-20)21-13-7-3-8-14-21/h2-16,18,24,26-27,30H,17H2,1H3,(H,32,36)/t24?,27?,30-/m1/s1. The molecule has 0 spiro atoms. The van der Waals surface area contributed by atoms with Gasteiger partial charge in [0.1, 0.15) is 17.1 Å². The fourth-order valence-corrected chi connectivity index (χ4v) is 6.24. The highest BCUT2D eigenvalue weighted by atomic mass is 32.2. The van der Waals surface area contributed by atoms with Gasteiger partial charge in [0.05, 0.1) is 0 Å². The normalized spacial score (nSPS) is 18.6. The molecule has 2 aliphatic rings. The lowest BCUT2D eigenvalue weighted by molar-refractivity contribution is -0.156. The summed E-state index contributed by atoms with van der Waals surface area (Å²) in [5, 5.41) is 1.99. The number of esters is 1. The molecular weight excluding hydrogens is 544 g/mol. The maximum Gasteiger partial charge on any atom is 0.356 e. The number of benzene rings is 3. The number of thioether (sulfide) groups is 1. The maximum atomic E-state index is 13.7. The van der Waals surface area contributed by atoms with Crippen molar-refractivity contribution < 1.29 is 33.4 Å². The zero-order valence-electron chi connectivity index (χ0n) is 22.0. The molecule has 10 heteroatoms. The molecule has 208 valence electrons. The van der Waals surface area contributed by atoms with Gasteiger partial charge in [-0.05, 0) is 18.1 Å². The summed E-state index contributed by atoms with van der Waals surface area (Å²) in [5.74, 6) is -2.28. The van der Waals surface area contributed by atoms with Crippen LogP contribution in [-0.4, -0.2) is 52.1 Å². The van der Waals surface area contributed by atoms with Crippen molar-refractivity contribution in [3.05, 3.63) is 119 Å². The number of hydrogen-bond donors (Lipinski definition) is 1. The molecular formula is C31H26N2O7S. The molecule has 0 saturated carbocycles. The van der Waals surface area contributed by atoms with Gasteiger partial charge in [0, 0.05) is 16.9 Å². The number of nitrogens with zero attached hydrogens (tertiary/aromatic N) is 1. The van der Waals surface area contributed by atoms with Gasteiger partial charge in [-0.25, -0.2) is 4.79 Å². The van der Waals surface area contributed by atoms with Crippen LogP contribution in [0.5, 0.6) is 0 Å². The molecule has 5 rings (SSSR count). The minimum atomic E-state index is -1.26. The molecule has 1 fully saturated rings. The van der Waals surface area contributed by atoms with Gasteiger partial charge in [0.15, 0.2) is 11.9 Å². The van der Waals surface area contributed by atoms with E-state index in [0.29, 0.717) is 5.56 Å². The molecule has 0 aliphatic carbocycles. The maximum absolute atomic E-state index is 13.7. The van der Waals surface area contributed by atoms with E-state index in [-0.39, 0.29) is 29.3 Å². The molecule has 9 nitrogen and oxygen atoms in total. The first kappa shape index (κ1) is 27.9. The van der Waals surface area contributed by atoms with Crippen molar-refractivity contribution in [3.63, 3.8) is 0 Å². The Hall–Kier alpha value is -4.70. The Kier molecular flexibility index (Phi) is 8.30. The van der Waals surface area contributed by atoms with Crippen LogP contribution in [0.1, 0.15) is 35.8 Å². The molecule has 0 aromatic heterocycles. The number of rotatable bonds is 10. The smallest absolute Gasteiger partial charge is 0.356 e. The van der Waals surface area contributed by atoms with Crippen LogP contribution in [-0.2, 0) is 33.4 Å². The molecule has 3 aromatic carbocycles. The lowest BCUT2D eigenvalue weighted by atomic mass is 9.99. The van der Waals surface area contributed by atoms with Crippen molar-refractivity contribution in [3.8, 4) is 0 Å². The predicted octanol–water partition coefficient (Wildman–Crippen LogP) is 3.48. The lowest BCUT2D eigenvalue weighted by Gasteiger charge is -2.49. The number of nitrogens with one attached hydrogen (secondary N) is 1. The molecule has 3 atom stereocenters. The summed E-state index contributed by atoms with van der Waals surface area (Å²) >= 11 is 1.25. The minimum Gasteiger partial charge on any atom is -0.449 e. The first-order valence-corrected chi connectivity index (χ1v) is 13.9. The number of Topliss-reactive ketones (excluding diaryl/α,β-unsaturated/α-hetero) is 1. The Labute approximate surface area is 240 Å². The first-order valence-electron chi connectivity index (χ1n) is 12.8. The van der Waals surface area contributed by atoms with E-state index in [1.165, 1.54) is 23.6 Å². The quantitative estimate of drug-likeness (QED) is 0.224. The van der Waals surface area contributed by atoms with Crippen LogP contribution in [0.15, 0.2) is 102 Å². The van der Waals surface area contributed by atoms with E-state index in [1.54, 1.807) is 30.3 Å². The third-order valence-corrected chi connectivity index (χ3v) is 8.13. The van der Waals surface area contributed by atoms with E-state index in [9.17, 15) is 24.0 Å². The minimum absolute atomic E-state index is 0.127. The number of fused-ring (bicyclic) bond motifs is 1. The Morgan fingerprint density at radius 2 is 1.44 bits per heavy atom. The topological polar surface area (TPSA) is 119 Å². The van der Waals surface area contributed by atoms with Crippen LogP contribution in [0.2, 0.25) is 0 Å². The van der Waals surface area contributed by atoms with E-state index in [0.717, 1.165) is 11.1 Å². The van der Waals surface area contributed by atoms with Crippen LogP contribution in [0.4, 0.5) is 0 Å². The zero-order valence-corrected chi connectivity index (χ0v) is 22.8. The van der Waals surface area contributed by atoms with Crippen molar-refractivity contribution in [2.75, 3.05) is 5.75 Å². The molecule has 2 heterocycles. The van der Waals surface area contributed by atoms with E-state index < -0.39 is 41.4 Å². The summed E-state index contributed by atoms with van der Waals surface area (Å²) in [6.07, 6.45) is -2.04.